The highest BCUT2D eigenvalue weighted by Gasteiger charge is 2.12. The fraction of sp³-hybridized carbons (Fsp3) is 0.200. The van der Waals surface area contributed by atoms with Crippen LogP contribution in [0, 0.1) is 17.0 Å². The first-order valence-corrected chi connectivity index (χ1v) is 7.08. The van der Waals surface area contributed by atoms with Gasteiger partial charge < -0.3 is 9.84 Å². The molecule has 0 aliphatic heterocycles. The van der Waals surface area contributed by atoms with Crippen LogP contribution in [0.25, 0.3) is 0 Å². The molecule has 0 unspecified atom stereocenters. The molecule has 5 nitrogen and oxygen atoms in total. The summed E-state index contributed by atoms with van der Waals surface area (Å²) in [6.45, 7) is 3.35. The third kappa shape index (κ3) is 3.59. The van der Waals surface area contributed by atoms with E-state index in [1.54, 1.807) is 44.2 Å². The van der Waals surface area contributed by atoms with Crippen LogP contribution in [0.2, 0.25) is 0 Å². The molecule has 1 atom stereocenters. The zero-order valence-corrected chi connectivity index (χ0v) is 13.1. The highest BCUT2D eigenvalue weighted by Crippen LogP contribution is 2.33. The number of rotatable bonds is 4. The zero-order valence-electron chi connectivity index (χ0n) is 11.5. The van der Waals surface area contributed by atoms with Gasteiger partial charge in [-0.1, -0.05) is 6.07 Å². The van der Waals surface area contributed by atoms with Crippen LogP contribution in [0.1, 0.15) is 24.2 Å². The molecule has 0 spiro atoms. The second-order valence-electron chi connectivity index (χ2n) is 4.67. The smallest absolute Gasteiger partial charge is 0.272 e. The molecule has 110 valence electrons. The molecule has 0 heterocycles. The maximum atomic E-state index is 10.8. The summed E-state index contributed by atoms with van der Waals surface area (Å²) in [6, 6.07) is 9.88. The summed E-state index contributed by atoms with van der Waals surface area (Å²) >= 11 is 3.38. The van der Waals surface area contributed by atoms with Crippen LogP contribution in [-0.4, -0.2) is 10.0 Å². The van der Waals surface area contributed by atoms with E-state index in [2.05, 4.69) is 15.9 Å². The average Bonchev–Trinajstić information content (AvgIpc) is 2.40. The number of halogens is 1. The van der Waals surface area contributed by atoms with E-state index in [0.717, 1.165) is 5.56 Å². The fourth-order valence-electron chi connectivity index (χ4n) is 1.88. The van der Waals surface area contributed by atoms with Gasteiger partial charge >= 0.3 is 0 Å². The number of aliphatic hydroxyl groups is 1. The molecular weight excluding hydrogens is 338 g/mol. The van der Waals surface area contributed by atoms with Crippen LogP contribution in [0.4, 0.5) is 5.69 Å². The van der Waals surface area contributed by atoms with Crippen molar-refractivity contribution in [3.8, 4) is 11.5 Å². The van der Waals surface area contributed by atoms with Gasteiger partial charge in [-0.3, -0.25) is 10.1 Å². The molecule has 2 aromatic carbocycles. The number of nitro benzene ring substituents is 1. The maximum absolute atomic E-state index is 10.8. The number of hydrogen-bond donors (Lipinski definition) is 1. The summed E-state index contributed by atoms with van der Waals surface area (Å²) in [5, 5.41) is 20.3. The number of nitro groups is 1. The van der Waals surface area contributed by atoms with Crippen molar-refractivity contribution >= 4 is 21.6 Å². The molecule has 0 aliphatic rings. The molecular formula is C15H14BrNO4. The van der Waals surface area contributed by atoms with Gasteiger partial charge in [0.2, 0.25) is 0 Å². The Hall–Kier alpha value is -1.92. The molecule has 2 aromatic rings. The minimum Gasteiger partial charge on any atom is -0.456 e. The summed E-state index contributed by atoms with van der Waals surface area (Å²) in [6.07, 6.45) is -0.558. The van der Waals surface area contributed by atoms with Crippen LogP contribution in [0.3, 0.4) is 0 Å². The largest absolute Gasteiger partial charge is 0.456 e. The molecule has 2 rings (SSSR count). The lowest BCUT2D eigenvalue weighted by atomic mass is 10.1. The van der Waals surface area contributed by atoms with E-state index in [0.29, 0.717) is 21.5 Å². The van der Waals surface area contributed by atoms with Crippen molar-refractivity contribution in [1.82, 2.24) is 0 Å². The number of aliphatic hydroxyl groups excluding tert-OH is 1. The van der Waals surface area contributed by atoms with Crippen molar-refractivity contribution in [2.24, 2.45) is 0 Å². The van der Waals surface area contributed by atoms with Gasteiger partial charge in [0.15, 0.2) is 0 Å². The predicted molar refractivity (Wildman–Crippen MR) is 82.7 cm³/mol. The maximum Gasteiger partial charge on any atom is 0.272 e. The molecule has 0 amide bonds. The van der Waals surface area contributed by atoms with Crippen molar-refractivity contribution in [2.75, 3.05) is 0 Å². The second kappa shape index (κ2) is 6.24. The van der Waals surface area contributed by atoms with E-state index in [-0.39, 0.29) is 5.69 Å². The Morgan fingerprint density at radius 1 is 1.29 bits per heavy atom. The molecule has 0 radical (unpaired) electrons. The van der Waals surface area contributed by atoms with E-state index in [4.69, 9.17) is 4.74 Å². The van der Waals surface area contributed by atoms with Crippen LogP contribution in [0.15, 0.2) is 40.9 Å². The third-order valence-corrected chi connectivity index (χ3v) is 3.65. The van der Waals surface area contributed by atoms with E-state index >= 15 is 0 Å². The van der Waals surface area contributed by atoms with Gasteiger partial charge in [-0.2, -0.15) is 0 Å². The number of nitrogens with zero attached hydrogens (tertiary/aromatic N) is 1. The fourth-order valence-corrected chi connectivity index (χ4v) is 2.36. The first kappa shape index (κ1) is 15.5. The van der Waals surface area contributed by atoms with Gasteiger partial charge in [0.25, 0.3) is 5.69 Å². The second-order valence-corrected chi connectivity index (χ2v) is 5.53. The van der Waals surface area contributed by atoms with E-state index in [1.807, 2.05) is 0 Å². The minimum absolute atomic E-state index is 0.0610. The third-order valence-electron chi connectivity index (χ3n) is 3.03. The van der Waals surface area contributed by atoms with E-state index < -0.39 is 11.0 Å². The highest BCUT2D eigenvalue weighted by atomic mass is 79.9. The van der Waals surface area contributed by atoms with E-state index in [9.17, 15) is 15.2 Å². The van der Waals surface area contributed by atoms with Crippen LogP contribution < -0.4 is 4.74 Å². The summed E-state index contributed by atoms with van der Waals surface area (Å²) in [5.74, 6) is 1.09. The topological polar surface area (TPSA) is 72.6 Å². The highest BCUT2D eigenvalue weighted by molar-refractivity contribution is 9.10. The van der Waals surface area contributed by atoms with Crippen LogP contribution in [0.5, 0.6) is 11.5 Å². The number of aryl methyl sites for hydroxylation is 1. The molecule has 6 heteroatoms. The lowest BCUT2D eigenvalue weighted by Gasteiger charge is -2.11. The summed E-state index contributed by atoms with van der Waals surface area (Å²) in [4.78, 5) is 10.4. The summed E-state index contributed by atoms with van der Waals surface area (Å²) < 4.78 is 6.41. The average molecular weight is 352 g/mol. The SMILES string of the molecule is Cc1cc(Oc2ccc([C@H](C)O)cc2Br)ccc1[N+](=O)[O-]. The Morgan fingerprint density at radius 3 is 2.52 bits per heavy atom. The molecule has 0 bridgehead atoms. The molecule has 0 aromatic heterocycles. The van der Waals surface area contributed by atoms with Crippen molar-refractivity contribution < 1.29 is 14.8 Å². The number of ether oxygens (including phenoxy) is 1. The summed E-state index contributed by atoms with van der Waals surface area (Å²) in [5.41, 5.74) is 1.37. The lowest BCUT2D eigenvalue weighted by molar-refractivity contribution is -0.385. The number of hydrogen-bond acceptors (Lipinski definition) is 4. The molecule has 21 heavy (non-hydrogen) atoms. The lowest BCUT2D eigenvalue weighted by Crippen LogP contribution is -1.94. The first-order valence-electron chi connectivity index (χ1n) is 6.29. The quantitative estimate of drug-likeness (QED) is 0.649. The van der Waals surface area contributed by atoms with Gasteiger partial charge in [0.05, 0.1) is 15.5 Å². The normalized spacial score (nSPS) is 12.0. The monoisotopic (exact) mass is 351 g/mol. The predicted octanol–water partition coefficient (Wildman–Crippen LogP) is 4.51. The van der Waals surface area contributed by atoms with Gasteiger partial charge in [-0.25, -0.2) is 0 Å². The van der Waals surface area contributed by atoms with Gasteiger partial charge in [0.1, 0.15) is 11.5 Å². The molecule has 0 saturated carbocycles. The van der Waals surface area contributed by atoms with Crippen LogP contribution in [-0.2, 0) is 0 Å². The number of benzene rings is 2. The first-order chi connectivity index (χ1) is 9.88. The Balaban J connectivity index is 2.26. The van der Waals surface area contributed by atoms with Gasteiger partial charge in [0, 0.05) is 11.6 Å². The van der Waals surface area contributed by atoms with Gasteiger partial charge in [-0.15, -0.1) is 0 Å². The molecule has 0 aliphatic carbocycles. The molecule has 0 fully saturated rings. The van der Waals surface area contributed by atoms with Crippen molar-refractivity contribution in [2.45, 2.75) is 20.0 Å². The van der Waals surface area contributed by atoms with Crippen molar-refractivity contribution in [3.05, 3.63) is 62.1 Å². The Labute approximate surface area is 130 Å². The van der Waals surface area contributed by atoms with Crippen molar-refractivity contribution in [3.63, 3.8) is 0 Å². The minimum atomic E-state index is -0.558. The zero-order chi connectivity index (χ0) is 15.6. The Kier molecular flexibility index (Phi) is 4.59. The Bertz CT molecular complexity index is 685. The van der Waals surface area contributed by atoms with Gasteiger partial charge in [-0.05, 0) is 59.6 Å². The Morgan fingerprint density at radius 2 is 2.00 bits per heavy atom. The standard InChI is InChI=1S/C15H14BrNO4/c1-9-7-12(4-5-14(9)17(19)20)21-15-6-3-11(10(2)18)8-13(15)16/h3-8,10,18H,1-2H3/t10-/m0/s1. The molecule has 0 saturated heterocycles. The van der Waals surface area contributed by atoms with Crippen LogP contribution >= 0.6 is 15.9 Å². The van der Waals surface area contributed by atoms with E-state index in [1.165, 1.54) is 6.07 Å². The summed E-state index contributed by atoms with van der Waals surface area (Å²) in [7, 11) is 0. The molecule has 1 N–H and O–H groups in total. The van der Waals surface area contributed by atoms with Crippen molar-refractivity contribution in [1.29, 1.82) is 0 Å².